The average Bonchev–Trinajstić information content (AvgIpc) is 2.44. The predicted molar refractivity (Wildman–Crippen MR) is 79.0 cm³/mol. The van der Waals surface area contributed by atoms with Crippen LogP contribution in [0.3, 0.4) is 0 Å². The highest BCUT2D eigenvalue weighted by Gasteiger charge is 1.99. The van der Waals surface area contributed by atoms with E-state index in [1.54, 1.807) is 0 Å². The largest absolute Gasteiger partial charge is 0.466 e. The van der Waals surface area contributed by atoms with Crippen molar-refractivity contribution in [1.29, 1.82) is 0 Å². The van der Waals surface area contributed by atoms with Gasteiger partial charge in [-0.2, -0.15) is 0 Å². The molecule has 0 bridgehead atoms. The fourth-order valence-electron chi connectivity index (χ4n) is 1.73. The monoisotopic (exact) mass is 260 g/mol. The second-order valence-electron chi connectivity index (χ2n) is 4.61. The molecule has 0 aromatic heterocycles. The molecule has 19 heavy (non-hydrogen) atoms. The van der Waals surface area contributed by atoms with E-state index in [0.29, 0.717) is 13.0 Å². The third kappa shape index (κ3) is 8.20. The first-order valence-corrected chi connectivity index (χ1v) is 7.17. The van der Waals surface area contributed by atoms with Gasteiger partial charge in [-0.25, -0.2) is 0 Å². The summed E-state index contributed by atoms with van der Waals surface area (Å²) < 4.78 is 5.09. The van der Waals surface area contributed by atoms with Crippen LogP contribution < -0.4 is 0 Å². The zero-order chi connectivity index (χ0) is 13.8. The van der Waals surface area contributed by atoms with Crippen molar-refractivity contribution in [3.05, 3.63) is 48.0 Å². The van der Waals surface area contributed by atoms with E-state index in [1.807, 2.05) is 6.07 Å². The molecule has 0 aliphatic rings. The van der Waals surface area contributed by atoms with Crippen LogP contribution in [0.5, 0.6) is 0 Å². The number of carbonyl (C=O) groups excluding carboxylic acids is 1. The average molecular weight is 260 g/mol. The van der Waals surface area contributed by atoms with Gasteiger partial charge in [0, 0.05) is 6.42 Å². The van der Waals surface area contributed by atoms with Gasteiger partial charge in [0.2, 0.25) is 0 Å². The molecule has 0 aliphatic heterocycles. The lowest BCUT2D eigenvalue weighted by Crippen LogP contribution is -2.04. The number of rotatable bonds is 9. The molecule has 0 radical (unpaired) electrons. The van der Waals surface area contributed by atoms with Crippen LogP contribution in [0.2, 0.25) is 0 Å². The molecule has 1 aromatic carbocycles. The Morgan fingerprint density at radius 2 is 1.89 bits per heavy atom. The van der Waals surface area contributed by atoms with Crippen molar-refractivity contribution in [2.24, 2.45) is 0 Å². The van der Waals surface area contributed by atoms with Gasteiger partial charge in [0.1, 0.15) is 0 Å². The van der Waals surface area contributed by atoms with Gasteiger partial charge in [-0.1, -0.05) is 55.8 Å². The highest BCUT2D eigenvalue weighted by molar-refractivity contribution is 5.69. The first kappa shape index (κ1) is 15.5. The fraction of sp³-hybridized carbons (Fsp3) is 0.471. The van der Waals surface area contributed by atoms with E-state index in [0.717, 1.165) is 32.1 Å². The van der Waals surface area contributed by atoms with Gasteiger partial charge in [-0.05, 0) is 31.2 Å². The maximum atomic E-state index is 11.3. The number of carbonyl (C=O) groups is 1. The highest BCUT2D eigenvalue weighted by atomic mass is 16.5. The number of hydrogen-bond donors (Lipinski definition) is 0. The Bertz CT molecular complexity index is 368. The SMILES string of the molecule is CCCCOC(=O)CC/C=C/CCc1ccccc1. The maximum absolute atomic E-state index is 11.3. The molecule has 0 spiro atoms. The zero-order valence-corrected chi connectivity index (χ0v) is 11.8. The standard InChI is InChI=1S/C17H24O2/c1-2-3-15-19-17(18)14-10-5-4-7-11-16-12-8-6-9-13-16/h4-6,8-9,12-13H,2-3,7,10-11,14-15H2,1H3/b5-4+. The summed E-state index contributed by atoms with van der Waals surface area (Å²) in [7, 11) is 0. The summed E-state index contributed by atoms with van der Waals surface area (Å²) in [5.41, 5.74) is 1.35. The molecule has 0 amide bonds. The van der Waals surface area contributed by atoms with E-state index >= 15 is 0 Å². The van der Waals surface area contributed by atoms with Crippen molar-refractivity contribution in [1.82, 2.24) is 0 Å². The lowest BCUT2D eigenvalue weighted by molar-refractivity contribution is -0.143. The molecule has 0 aliphatic carbocycles. The van der Waals surface area contributed by atoms with Crippen molar-refractivity contribution in [2.75, 3.05) is 6.61 Å². The second kappa shape index (κ2) is 10.4. The van der Waals surface area contributed by atoms with E-state index in [2.05, 4.69) is 43.3 Å². The first-order chi connectivity index (χ1) is 9.33. The molecule has 0 fully saturated rings. The number of aryl methyl sites for hydroxylation is 1. The Labute approximate surface area is 116 Å². The van der Waals surface area contributed by atoms with E-state index in [1.165, 1.54) is 5.56 Å². The third-order valence-corrected chi connectivity index (χ3v) is 2.89. The van der Waals surface area contributed by atoms with Gasteiger partial charge < -0.3 is 4.74 Å². The molecule has 0 atom stereocenters. The molecule has 0 N–H and O–H groups in total. The molecule has 0 unspecified atom stereocenters. The Morgan fingerprint density at radius 3 is 2.63 bits per heavy atom. The first-order valence-electron chi connectivity index (χ1n) is 7.17. The van der Waals surface area contributed by atoms with Crippen molar-refractivity contribution in [3.63, 3.8) is 0 Å². The number of unbranched alkanes of at least 4 members (excludes halogenated alkanes) is 1. The van der Waals surface area contributed by atoms with Crippen LogP contribution in [-0.4, -0.2) is 12.6 Å². The lowest BCUT2D eigenvalue weighted by atomic mass is 10.1. The lowest BCUT2D eigenvalue weighted by Gasteiger charge is -2.01. The number of esters is 1. The van der Waals surface area contributed by atoms with Gasteiger partial charge in [-0.3, -0.25) is 4.79 Å². The summed E-state index contributed by atoms with van der Waals surface area (Å²) in [5.74, 6) is -0.0823. The Balaban J connectivity index is 2.03. The quantitative estimate of drug-likeness (QED) is 0.376. The highest BCUT2D eigenvalue weighted by Crippen LogP contribution is 2.04. The summed E-state index contributed by atoms with van der Waals surface area (Å²) in [5, 5.41) is 0. The minimum absolute atomic E-state index is 0.0823. The molecule has 0 saturated carbocycles. The summed E-state index contributed by atoms with van der Waals surface area (Å²) in [6.07, 6.45) is 9.58. The number of benzene rings is 1. The van der Waals surface area contributed by atoms with Crippen LogP contribution in [0.4, 0.5) is 0 Å². The number of ether oxygens (including phenoxy) is 1. The van der Waals surface area contributed by atoms with Crippen LogP contribution >= 0.6 is 0 Å². The summed E-state index contributed by atoms with van der Waals surface area (Å²) in [6, 6.07) is 10.4. The van der Waals surface area contributed by atoms with Gasteiger partial charge in [0.05, 0.1) is 6.61 Å². The van der Waals surface area contributed by atoms with Crippen molar-refractivity contribution < 1.29 is 9.53 Å². The minimum atomic E-state index is -0.0823. The molecule has 1 aromatic rings. The van der Waals surface area contributed by atoms with Gasteiger partial charge in [-0.15, -0.1) is 0 Å². The van der Waals surface area contributed by atoms with E-state index < -0.39 is 0 Å². The number of hydrogen-bond acceptors (Lipinski definition) is 2. The molecule has 0 heterocycles. The van der Waals surface area contributed by atoms with Crippen LogP contribution in [-0.2, 0) is 16.0 Å². The van der Waals surface area contributed by atoms with E-state index in [9.17, 15) is 4.79 Å². The normalized spacial score (nSPS) is 10.8. The number of allylic oxidation sites excluding steroid dienone is 2. The van der Waals surface area contributed by atoms with Crippen LogP contribution in [0.1, 0.15) is 44.6 Å². The van der Waals surface area contributed by atoms with Crippen LogP contribution in [0, 0.1) is 0 Å². The van der Waals surface area contributed by atoms with E-state index in [4.69, 9.17) is 4.74 Å². The summed E-state index contributed by atoms with van der Waals surface area (Å²) in [4.78, 5) is 11.3. The van der Waals surface area contributed by atoms with Crippen molar-refractivity contribution in [3.8, 4) is 0 Å². The van der Waals surface area contributed by atoms with E-state index in [-0.39, 0.29) is 5.97 Å². The molecule has 0 saturated heterocycles. The molecular weight excluding hydrogens is 236 g/mol. The molecule has 2 nitrogen and oxygen atoms in total. The molecule has 1 rings (SSSR count). The predicted octanol–water partition coefficient (Wildman–Crippen LogP) is 4.30. The van der Waals surface area contributed by atoms with Crippen LogP contribution in [0.25, 0.3) is 0 Å². The Kier molecular flexibility index (Phi) is 8.45. The molecule has 104 valence electrons. The topological polar surface area (TPSA) is 26.3 Å². The molecule has 2 heteroatoms. The van der Waals surface area contributed by atoms with Crippen molar-refractivity contribution >= 4 is 5.97 Å². The van der Waals surface area contributed by atoms with Gasteiger partial charge in [0.25, 0.3) is 0 Å². The fourth-order valence-corrected chi connectivity index (χ4v) is 1.73. The smallest absolute Gasteiger partial charge is 0.306 e. The third-order valence-electron chi connectivity index (χ3n) is 2.89. The van der Waals surface area contributed by atoms with Crippen molar-refractivity contribution in [2.45, 2.75) is 45.4 Å². The van der Waals surface area contributed by atoms with Gasteiger partial charge in [0.15, 0.2) is 0 Å². The Hall–Kier alpha value is -1.57. The summed E-state index contributed by atoms with van der Waals surface area (Å²) >= 11 is 0. The Morgan fingerprint density at radius 1 is 1.16 bits per heavy atom. The van der Waals surface area contributed by atoms with Crippen LogP contribution in [0.15, 0.2) is 42.5 Å². The molecular formula is C17H24O2. The zero-order valence-electron chi connectivity index (χ0n) is 11.8. The second-order valence-corrected chi connectivity index (χ2v) is 4.61. The van der Waals surface area contributed by atoms with Gasteiger partial charge >= 0.3 is 5.97 Å². The summed E-state index contributed by atoms with van der Waals surface area (Å²) in [6.45, 7) is 2.65. The maximum Gasteiger partial charge on any atom is 0.306 e. The minimum Gasteiger partial charge on any atom is -0.466 e.